The summed E-state index contributed by atoms with van der Waals surface area (Å²) in [5.74, 6) is 0.114. The molecule has 0 spiro atoms. The van der Waals surface area contributed by atoms with E-state index < -0.39 is 0 Å². The number of nitrogens with two attached hydrogens (primary N) is 1. The third kappa shape index (κ3) is 4.29. The molecule has 0 saturated carbocycles. The number of carbonyl (C=O) groups is 1. The zero-order chi connectivity index (χ0) is 15.2. The van der Waals surface area contributed by atoms with Crippen molar-refractivity contribution >= 4 is 17.4 Å². The molecule has 1 heterocycles. The van der Waals surface area contributed by atoms with Gasteiger partial charge in [0.1, 0.15) is 5.82 Å². The lowest BCUT2D eigenvalue weighted by Crippen LogP contribution is -2.13. The van der Waals surface area contributed by atoms with Crippen molar-refractivity contribution in [2.45, 2.75) is 19.8 Å². The molecule has 21 heavy (non-hydrogen) atoms. The molecule has 0 unspecified atom stereocenters. The summed E-state index contributed by atoms with van der Waals surface area (Å²) in [7, 11) is 0. The van der Waals surface area contributed by atoms with E-state index in [1.165, 1.54) is 0 Å². The molecule has 1 amide bonds. The van der Waals surface area contributed by atoms with Crippen LogP contribution in [0.2, 0.25) is 0 Å². The molecule has 2 aromatic rings. The van der Waals surface area contributed by atoms with E-state index in [0.29, 0.717) is 23.5 Å². The topological polar surface area (TPSA) is 88.2 Å². The number of carbonyl (C=O) groups excluding carboxylic acids is 1. The van der Waals surface area contributed by atoms with Crippen molar-refractivity contribution in [1.82, 2.24) is 4.98 Å². The first-order valence-corrected chi connectivity index (χ1v) is 6.84. The number of aliphatic hydroxyl groups is 1. The van der Waals surface area contributed by atoms with Crippen LogP contribution in [0.25, 0.3) is 0 Å². The summed E-state index contributed by atoms with van der Waals surface area (Å²) in [5.41, 5.74) is 8.65. The number of hydrogen-bond acceptors (Lipinski definition) is 4. The molecule has 2 rings (SSSR count). The molecule has 110 valence electrons. The van der Waals surface area contributed by atoms with Crippen molar-refractivity contribution in [3.8, 4) is 0 Å². The van der Waals surface area contributed by atoms with E-state index in [1.54, 1.807) is 19.1 Å². The van der Waals surface area contributed by atoms with Gasteiger partial charge in [0.2, 0.25) is 0 Å². The maximum absolute atomic E-state index is 12.2. The van der Waals surface area contributed by atoms with Gasteiger partial charge >= 0.3 is 0 Å². The number of aromatic nitrogens is 1. The Morgan fingerprint density at radius 2 is 2.14 bits per heavy atom. The largest absolute Gasteiger partial charge is 0.396 e. The average Bonchev–Trinajstić information content (AvgIpc) is 2.44. The molecular weight excluding hydrogens is 266 g/mol. The number of aliphatic hydroxyl groups excluding tert-OH is 1. The van der Waals surface area contributed by atoms with Gasteiger partial charge < -0.3 is 16.2 Å². The molecule has 4 N–H and O–H groups in total. The molecule has 0 aliphatic rings. The van der Waals surface area contributed by atoms with Crippen LogP contribution in [0.15, 0.2) is 36.4 Å². The normalized spacial score (nSPS) is 10.4. The Hall–Kier alpha value is -2.40. The molecule has 1 aromatic carbocycles. The lowest BCUT2D eigenvalue weighted by atomic mass is 10.1. The van der Waals surface area contributed by atoms with E-state index in [-0.39, 0.29) is 12.5 Å². The van der Waals surface area contributed by atoms with Crippen molar-refractivity contribution in [2.24, 2.45) is 0 Å². The Bertz CT molecular complexity index is 621. The number of nitrogen functional groups attached to an aromatic ring is 1. The van der Waals surface area contributed by atoms with Crippen molar-refractivity contribution in [3.05, 3.63) is 53.2 Å². The maximum atomic E-state index is 12.2. The van der Waals surface area contributed by atoms with E-state index in [1.807, 2.05) is 24.3 Å². The minimum absolute atomic E-state index is 0.159. The first-order valence-electron chi connectivity index (χ1n) is 6.84. The zero-order valence-corrected chi connectivity index (χ0v) is 12.0. The van der Waals surface area contributed by atoms with Gasteiger partial charge in [-0.15, -0.1) is 0 Å². The van der Waals surface area contributed by atoms with Crippen LogP contribution < -0.4 is 11.1 Å². The average molecular weight is 285 g/mol. The predicted molar refractivity (Wildman–Crippen MR) is 83.2 cm³/mol. The SMILES string of the molecule is Cc1cc(C(=O)Nc2cccc(CCCO)c2)cc(N)n1. The first kappa shape index (κ1) is 15.0. The minimum Gasteiger partial charge on any atom is -0.396 e. The molecule has 0 aliphatic carbocycles. The summed E-state index contributed by atoms with van der Waals surface area (Å²) in [4.78, 5) is 16.3. The van der Waals surface area contributed by atoms with Crippen LogP contribution in [0, 0.1) is 6.92 Å². The number of aryl methyl sites for hydroxylation is 2. The van der Waals surface area contributed by atoms with Gasteiger partial charge in [0.15, 0.2) is 0 Å². The van der Waals surface area contributed by atoms with Crippen LogP contribution in [0.5, 0.6) is 0 Å². The highest BCUT2D eigenvalue weighted by atomic mass is 16.2. The number of hydrogen-bond donors (Lipinski definition) is 3. The van der Waals surface area contributed by atoms with Crippen molar-refractivity contribution in [1.29, 1.82) is 0 Å². The van der Waals surface area contributed by atoms with E-state index in [4.69, 9.17) is 10.8 Å². The lowest BCUT2D eigenvalue weighted by Gasteiger charge is -2.08. The fourth-order valence-corrected chi connectivity index (χ4v) is 2.12. The fourth-order valence-electron chi connectivity index (χ4n) is 2.12. The van der Waals surface area contributed by atoms with Gasteiger partial charge in [-0.25, -0.2) is 4.98 Å². The van der Waals surface area contributed by atoms with Crippen LogP contribution in [0.4, 0.5) is 11.5 Å². The number of nitrogens with one attached hydrogen (secondary N) is 1. The molecule has 0 radical (unpaired) electrons. The smallest absolute Gasteiger partial charge is 0.255 e. The zero-order valence-electron chi connectivity index (χ0n) is 12.0. The second-order valence-electron chi connectivity index (χ2n) is 4.90. The third-order valence-corrected chi connectivity index (χ3v) is 3.04. The van der Waals surface area contributed by atoms with Crippen molar-refractivity contribution < 1.29 is 9.90 Å². The molecule has 0 aliphatic heterocycles. The molecule has 5 nitrogen and oxygen atoms in total. The van der Waals surface area contributed by atoms with Gasteiger partial charge in [0.05, 0.1) is 0 Å². The van der Waals surface area contributed by atoms with E-state index in [9.17, 15) is 4.79 Å². The van der Waals surface area contributed by atoms with E-state index >= 15 is 0 Å². The van der Waals surface area contributed by atoms with Gasteiger partial charge in [0.25, 0.3) is 5.91 Å². The van der Waals surface area contributed by atoms with Gasteiger partial charge in [-0.05, 0) is 49.6 Å². The Morgan fingerprint density at radius 1 is 1.33 bits per heavy atom. The summed E-state index contributed by atoms with van der Waals surface area (Å²) >= 11 is 0. The van der Waals surface area contributed by atoms with Gasteiger partial charge in [-0.2, -0.15) is 0 Å². The Balaban J connectivity index is 2.11. The summed E-state index contributed by atoms with van der Waals surface area (Å²) < 4.78 is 0. The molecule has 0 saturated heterocycles. The molecular formula is C16H19N3O2. The number of anilines is 2. The molecule has 0 atom stereocenters. The van der Waals surface area contributed by atoms with E-state index in [0.717, 1.165) is 17.7 Å². The number of pyridine rings is 1. The maximum Gasteiger partial charge on any atom is 0.255 e. The second kappa shape index (κ2) is 6.85. The Morgan fingerprint density at radius 3 is 2.86 bits per heavy atom. The minimum atomic E-state index is -0.216. The van der Waals surface area contributed by atoms with Crippen LogP contribution >= 0.6 is 0 Å². The van der Waals surface area contributed by atoms with Gasteiger partial charge in [-0.3, -0.25) is 4.79 Å². The number of benzene rings is 1. The van der Waals surface area contributed by atoms with Crippen molar-refractivity contribution in [3.63, 3.8) is 0 Å². The van der Waals surface area contributed by atoms with Gasteiger partial charge in [0, 0.05) is 23.6 Å². The highest BCUT2D eigenvalue weighted by Crippen LogP contribution is 2.15. The Kier molecular flexibility index (Phi) is 4.90. The van der Waals surface area contributed by atoms with Crippen molar-refractivity contribution in [2.75, 3.05) is 17.7 Å². The fraction of sp³-hybridized carbons (Fsp3) is 0.250. The Labute approximate surface area is 123 Å². The van der Waals surface area contributed by atoms with Crippen LogP contribution in [-0.4, -0.2) is 22.6 Å². The van der Waals surface area contributed by atoms with E-state index in [2.05, 4.69) is 10.3 Å². The number of amides is 1. The summed E-state index contributed by atoms with van der Waals surface area (Å²) in [6.45, 7) is 1.95. The highest BCUT2D eigenvalue weighted by molar-refractivity contribution is 6.04. The summed E-state index contributed by atoms with van der Waals surface area (Å²) in [5, 5.41) is 11.7. The summed E-state index contributed by atoms with van der Waals surface area (Å²) in [6.07, 6.45) is 1.49. The van der Waals surface area contributed by atoms with Gasteiger partial charge in [-0.1, -0.05) is 12.1 Å². The monoisotopic (exact) mass is 285 g/mol. The van der Waals surface area contributed by atoms with Crippen LogP contribution in [0.3, 0.4) is 0 Å². The third-order valence-electron chi connectivity index (χ3n) is 3.04. The predicted octanol–water partition coefficient (Wildman–Crippen LogP) is 2.15. The number of rotatable bonds is 5. The lowest BCUT2D eigenvalue weighted by molar-refractivity contribution is 0.102. The molecule has 1 aromatic heterocycles. The highest BCUT2D eigenvalue weighted by Gasteiger charge is 2.08. The quantitative estimate of drug-likeness (QED) is 0.785. The summed E-state index contributed by atoms with van der Waals surface area (Å²) in [6, 6.07) is 10.8. The second-order valence-corrected chi connectivity index (χ2v) is 4.90. The van der Waals surface area contributed by atoms with Crippen LogP contribution in [0.1, 0.15) is 28.0 Å². The number of nitrogens with zero attached hydrogens (tertiary/aromatic N) is 1. The molecule has 5 heteroatoms. The van der Waals surface area contributed by atoms with Crippen LogP contribution in [-0.2, 0) is 6.42 Å². The standard InChI is InChI=1S/C16H19N3O2/c1-11-8-13(10-15(17)18-11)16(21)19-14-6-2-4-12(9-14)5-3-7-20/h2,4,6,8-10,20H,3,5,7H2,1H3,(H2,17,18)(H,19,21). The molecule has 0 bridgehead atoms. The molecule has 0 fully saturated rings. The first-order chi connectivity index (χ1) is 10.1.